The first kappa shape index (κ1) is 18.3. The predicted molar refractivity (Wildman–Crippen MR) is 110 cm³/mol. The van der Waals surface area contributed by atoms with Gasteiger partial charge in [0.05, 0.1) is 9.72 Å². The minimum Gasteiger partial charge on any atom is -0.467 e. The molecule has 27 heavy (non-hydrogen) atoms. The first-order valence-electron chi connectivity index (χ1n) is 9.09. The normalized spacial score (nSPS) is 15.3. The van der Waals surface area contributed by atoms with Crippen LogP contribution in [-0.2, 0) is 0 Å². The molecule has 0 atom stereocenters. The number of carbonyl (C=O) groups excluding carboxylic acids is 1. The molecule has 6 heteroatoms. The maximum Gasteiger partial charge on any atom is 0.274 e. The number of aromatic nitrogens is 1. The van der Waals surface area contributed by atoms with Gasteiger partial charge in [-0.2, -0.15) is 0 Å². The number of thiazole rings is 1. The van der Waals surface area contributed by atoms with Gasteiger partial charge in [-0.25, -0.2) is 4.98 Å². The van der Waals surface area contributed by atoms with Crippen molar-refractivity contribution in [3.63, 3.8) is 0 Å². The van der Waals surface area contributed by atoms with Crippen molar-refractivity contribution in [1.82, 2.24) is 9.88 Å². The molecule has 0 radical (unpaired) electrons. The first-order valence-corrected chi connectivity index (χ1v) is 10.3. The van der Waals surface area contributed by atoms with Gasteiger partial charge in [-0.1, -0.05) is 46.2 Å². The summed E-state index contributed by atoms with van der Waals surface area (Å²) in [7, 11) is 0. The van der Waals surface area contributed by atoms with Crippen molar-refractivity contribution in [1.29, 1.82) is 0 Å². The van der Waals surface area contributed by atoms with Crippen molar-refractivity contribution in [2.75, 3.05) is 13.1 Å². The lowest BCUT2D eigenvalue weighted by molar-refractivity contribution is 0.0595. The van der Waals surface area contributed by atoms with E-state index >= 15 is 0 Å². The molecule has 1 aromatic heterocycles. The van der Waals surface area contributed by atoms with E-state index in [2.05, 4.69) is 11.1 Å². The van der Waals surface area contributed by atoms with E-state index in [-0.39, 0.29) is 12.0 Å². The summed E-state index contributed by atoms with van der Waals surface area (Å²) in [6.07, 6.45) is 1.69. The SMILES string of the molecule is Cc1cc(C)cc(C(=O)N2CCC(Oc3nc4c(Cl)cccc4s3)CC2)c1. The van der Waals surface area contributed by atoms with E-state index in [9.17, 15) is 4.79 Å². The average Bonchev–Trinajstić information content (AvgIpc) is 3.05. The Kier molecular flexibility index (Phi) is 5.06. The Labute approximate surface area is 167 Å². The number of para-hydroxylation sites is 1. The quantitative estimate of drug-likeness (QED) is 0.603. The largest absolute Gasteiger partial charge is 0.467 e. The van der Waals surface area contributed by atoms with Crippen LogP contribution < -0.4 is 4.74 Å². The maximum atomic E-state index is 12.8. The van der Waals surface area contributed by atoms with Crippen LogP contribution in [-0.4, -0.2) is 35.0 Å². The Hall–Kier alpha value is -2.11. The molecule has 1 saturated heterocycles. The van der Waals surface area contributed by atoms with E-state index in [4.69, 9.17) is 16.3 Å². The van der Waals surface area contributed by atoms with Gasteiger partial charge >= 0.3 is 0 Å². The highest BCUT2D eigenvalue weighted by Crippen LogP contribution is 2.33. The van der Waals surface area contributed by atoms with Crippen LogP contribution in [0.3, 0.4) is 0 Å². The van der Waals surface area contributed by atoms with E-state index in [1.165, 1.54) is 11.3 Å². The number of hydrogen-bond acceptors (Lipinski definition) is 4. The number of piperidine rings is 1. The molecule has 0 bridgehead atoms. The topological polar surface area (TPSA) is 42.4 Å². The molecule has 2 aromatic carbocycles. The van der Waals surface area contributed by atoms with Gasteiger partial charge in [-0.3, -0.25) is 4.79 Å². The summed E-state index contributed by atoms with van der Waals surface area (Å²) in [5.41, 5.74) is 3.80. The monoisotopic (exact) mass is 400 g/mol. The molecule has 0 N–H and O–H groups in total. The molecule has 4 rings (SSSR count). The van der Waals surface area contributed by atoms with Crippen LogP contribution in [0.1, 0.15) is 34.3 Å². The lowest BCUT2D eigenvalue weighted by atomic mass is 10.0. The molecule has 1 aliphatic rings. The van der Waals surface area contributed by atoms with E-state index in [1.807, 2.05) is 49.1 Å². The number of aryl methyl sites for hydroxylation is 2. The smallest absolute Gasteiger partial charge is 0.274 e. The number of benzene rings is 2. The van der Waals surface area contributed by atoms with Crippen molar-refractivity contribution < 1.29 is 9.53 Å². The van der Waals surface area contributed by atoms with Gasteiger partial charge < -0.3 is 9.64 Å². The third kappa shape index (κ3) is 3.94. The predicted octanol–water partition coefficient (Wildman–Crippen LogP) is 5.25. The molecule has 0 aliphatic carbocycles. The second-order valence-corrected chi connectivity index (χ2v) is 8.45. The summed E-state index contributed by atoms with van der Waals surface area (Å²) in [4.78, 5) is 19.2. The van der Waals surface area contributed by atoms with E-state index in [0.717, 1.165) is 39.7 Å². The number of fused-ring (bicyclic) bond motifs is 1. The van der Waals surface area contributed by atoms with Gasteiger partial charge in [-0.15, -0.1) is 0 Å². The number of amides is 1. The zero-order valence-corrected chi connectivity index (χ0v) is 16.9. The minimum atomic E-state index is 0.0765. The van der Waals surface area contributed by atoms with Gasteiger partial charge in [0.15, 0.2) is 0 Å². The van der Waals surface area contributed by atoms with E-state index < -0.39 is 0 Å². The molecule has 2 heterocycles. The second-order valence-electron chi connectivity index (χ2n) is 7.05. The van der Waals surface area contributed by atoms with Crippen LogP contribution >= 0.6 is 22.9 Å². The molecule has 0 spiro atoms. The fraction of sp³-hybridized carbons (Fsp3) is 0.333. The molecule has 1 fully saturated rings. The summed E-state index contributed by atoms with van der Waals surface area (Å²) >= 11 is 7.71. The zero-order valence-electron chi connectivity index (χ0n) is 15.4. The molecule has 3 aromatic rings. The van der Waals surface area contributed by atoms with Crippen LogP contribution in [0.4, 0.5) is 0 Å². The molecule has 1 amide bonds. The van der Waals surface area contributed by atoms with Crippen LogP contribution in [0.2, 0.25) is 5.02 Å². The minimum absolute atomic E-state index is 0.0765. The lowest BCUT2D eigenvalue weighted by Crippen LogP contribution is -2.41. The van der Waals surface area contributed by atoms with Crippen LogP contribution in [0.5, 0.6) is 5.19 Å². The number of ether oxygens (including phenoxy) is 1. The van der Waals surface area contributed by atoms with Crippen molar-refractivity contribution >= 4 is 39.1 Å². The number of nitrogens with zero attached hydrogens (tertiary/aromatic N) is 2. The number of carbonyl (C=O) groups is 1. The number of likely N-dealkylation sites (tertiary alicyclic amines) is 1. The summed E-state index contributed by atoms with van der Waals surface area (Å²) in [5.74, 6) is 0.104. The van der Waals surface area contributed by atoms with Gasteiger partial charge in [0.2, 0.25) is 0 Å². The van der Waals surface area contributed by atoms with Gasteiger partial charge in [-0.05, 0) is 38.1 Å². The lowest BCUT2D eigenvalue weighted by Gasteiger charge is -2.31. The number of hydrogen-bond donors (Lipinski definition) is 0. The van der Waals surface area contributed by atoms with Gasteiger partial charge in [0.1, 0.15) is 11.6 Å². The van der Waals surface area contributed by atoms with Crippen molar-refractivity contribution in [2.24, 2.45) is 0 Å². The van der Waals surface area contributed by atoms with Crippen LogP contribution in [0.25, 0.3) is 10.2 Å². The Morgan fingerprint density at radius 1 is 1.19 bits per heavy atom. The van der Waals surface area contributed by atoms with E-state index in [0.29, 0.717) is 23.3 Å². The average molecular weight is 401 g/mol. The summed E-state index contributed by atoms with van der Waals surface area (Å²) in [6, 6.07) is 11.8. The molecular weight excluding hydrogens is 380 g/mol. The van der Waals surface area contributed by atoms with E-state index in [1.54, 1.807) is 0 Å². The van der Waals surface area contributed by atoms with Crippen molar-refractivity contribution in [2.45, 2.75) is 32.8 Å². The Bertz CT molecular complexity index is 973. The van der Waals surface area contributed by atoms with Crippen molar-refractivity contribution in [3.8, 4) is 5.19 Å². The van der Waals surface area contributed by atoms with Gasteiger partial charge in [0, 0.05) is 31.5 Å². The Morgan fingerprint density at radius 3 is 2.56 bits per heavy atom. The standard InChI is InChI=1S/C21H21ClN2O2S/c1-13-10-14(2)12-15(11-13)20(25)24-8-6-16(7-9-24)26-21-23-19-17(22)4-3-5-18(19)27-21/h3-5,10-12,16H,6-9H2,1-2H3. The fourth-order valence-corrected chi connectivity index (χ4v) is 4.73. The Balaban J connectivity index is 1.39. The molecular formula is C21H21ClN2O2S. The molecule has 140 valence electrons. The van der Waals surface area contributed by atoms with Crippen molar-refractivity contribution in [3.05, 3.63) is 58.1 Å². The molecule has 1 aliphatic heterocycles. The fourth-order valence-electron chi connectivity index (χ4n) is 3.55. The first-order chi connectivity index (χ1) is 13.0. The highest BCUT2D eigenvalue weighted by atomic mass is 35.5. The van der Waals surface area contributed by atoms with Gasteiger partial charge in [0.25, 0.3) is 11.1 Å². The third-order valence-electron chi connectivity index (χ3n) is 4.82. The zero-order chi connectivity index (χ0) is 19.0. The summed E-state index contributed by atoms with van der Waals surface area (Å²) in [5, 5.41) is 1.30. The Morgan fingerprint density at radius 2 is 1.89 bits per heavy atom. The highest BCUT2D eigenvalue weighted by Gasteiger charge is 2.25. The summed E-state index contributed by atoms with van der Waals surface area (Å²) < 4.78 is 7.11. The molecule has 0 unspecified atom stereocenters. The summed E-state index contributed by atoms with van der Waals surface area (Å²) in [6.45, 7) is 5.44. The molecule has 0 saturated carbocycles. The highest BCUT2D eigenvalue weighted by molar-refractivity contribution is 7.20. The molecule has 4 nitrogen and oxygen atoms in total. The second kappa shape index (κ2) is 7.49. The number of rotatable bonds is 3. The van der Waals surface area contributed by atoms with Crippen LogP contribution in [0, 0.1) is 13.8 Å². The maximum absolute atomic E-state index is 12.8. The number of halogens is 1. The van der Waals surface area contributed by atoms with Crippen LogP contribution in [0.15, 0.2) is 36.4 Å². The third-order valence-corrected chi connectivity index (χ3v) is 6.03.